The fourth-order valence-electron chi connectivity index (χ4n) is 2.51. The lowest BCUT2D eigenvalue weighted by Crippen LogP contribution is -2.55. The fraction of sp³-hybridized carbons (Fsp3) is 0.733. The highest BCUT2D eigenvalue weighted by atomic mass is 16.4. The van der Waals surface area contributed by atoms with E-state index in [0.717, 1.165) is 0 Å². The zero-order chi connectivity index (χ0) is 18.4. The maximum absolute atomic E-state index is 12.5. The van der Waals surface area contributed by atoms with Crippen LogP contribution in [0.15, 0.2) is 0 Å². The molecule has 0 saturated carbocycles. The summed E-state index contributed by atoms with van der Waals surface area (Å²) in [4.78, 5) is 48.4. The number of rotatable bonds is 7. The van der Waals surface area contributed by atoms with Crippen LogP contribution in [0.1, 0.15) is 33.6 Å². The first-order valence-corrected chi connectivity index (χ1v) is 8.01. The van der Waals surface area contributed by atoms with E-state index in [1.54, 1.807) is 13.8 Å². The molecule has 0 aliphatic carbocycles. The Balaban J connectivity index is 2.65. The molecule has 0 aromatic carbocycles. The second-order valence-electron chi connectivity index (χ2n) is 6.30. The van der Waals surface area contributed by atoms with Crippen LogP contribution in [-0.2, 0) is 19.2 Å². The number of nitrogens with two attached hydrogens (primary N) is 1. The summed E-state index contributed by atoms with van der Waals surface area (Å²) in [5.74, 6) is -2.51. The van der Waals surface area contributed by atoms with Gasteiger partial charge in [-0.3, -0.25) is 19.2 Å². The number of likely N-dealkylation sites (tertiary alicyclic amines) is 1. The Morgan fingerprint density at radius 2 is 1.88 bits per heavy atom. The van der Waals surface area contributed by atoms with Crippen molar-refractivity contribution in [2.75, 3.05) is 13.1 Å². The van der Waals surface area contributed by atoms with Gasteiger partial charge in [0.05, 0.1) is 6.04 Å². The molecule has 9 nitrogen and oxygen atoms in total. The highest BCUT2D eigenvalue weighted by Crippen LogP contribution is 2.18. The molecule has 0 aromatic rings. The maximum atomic E-state index is 12.5. The first-order chi connectivity index (χ1) is 11.1. The van der Waals surface area contributed by atoms with Crippen LogP contribution in [0.3, 0.4) is 0 Å². The largest absolute Gasteiger partial charge is 0.480 e. The van der Waals surface area contributed by atoms with E-state index in [1.807, 2.05) is 0 Å². The standard InChI is InChI=1S/C15H26N4O5/c1-8(2)12(16)14(23)18-9(3)15(24)19-6-4-5-10(19)13(22)17-7-11(20)21/h8-10,12H,4-7,16H2,1-3H3,(H,17,22)(H,18,23)(H,20,21). The van der Waals surface area contributed by atoms with Gasteiger partial charge in [0.15, 0.2) is 0 Å². The molecule has 0 spiro atoms. The van der Waals surface area contributed by atoms with Gasteiger partial charge in [-0.15, -0.1) is 0 Å². The van der Waals surface area contributed by atoms with Gasteiger partial charge in [-0.25, -0.2) is 0 Å². The summed E-state index contributed by atoms with van der Waals surface area (Å²) < 4.78 is 0. The van der Waals surface area contributed by atoms with Gasteiger partial charge in [0.25, 0.3) is 0 Å². The highest BCUT2D eigenvalue weighted by molar-refractivity contribution is 5.93. The monoisotopic (exact) mass is 342 g/mol. The van der Waals surface area contributed by atoms with Crippen molar-refractivity contribution in [1.29, 1.82) is 0 Å². The number of nitrogens with zero attached hydrogens (tertiary/aromatic N) is 1. The Bertz CT molecular complexity index is 508. The predicted molar refractivity (Wildman–Crippen MR) is 85.8 cm³/mol. The van der Waals surface area contributed by atoms with Gasteiger partial charge in [-0.1, -0.05) is 13.8 Å². The summed E-state index contributed by atoms with van der Waals surface area (Å²) >= 11 is 0. The van der Waals surface area contributed by atoms with E-state index in [0.29, 0.717) is 19.4 Å². The topological polar surface area (TPSA) is 142 Å². The van der Waals surface area contributed by atoms with Crippen molar-refractivity contribution in [2.24, 2.45) is 11.7 Å². The third-order valence-electron chi connectivity index (χ3n) is 4.00. The smallest absolute Gasteiger partial charge is 0.322 e. The lowest BCUT2D eigenvalue weighted by Gasteiger charge is -2.27. The van der Waals surface area contributed by atoms with Crippen LogP contribution in [-0.4, -0.2) is 64.9 Å². The molecule has 0 bridgehead atoms. The van der Waals surface area contributed by atoms with E-state index in [1.165, 1.54) is 11.8 Å². The normalized spacial score (nSPS) is 19.7. The molecule has 0 radical (unpaired) electrons. The molecule has 1 aliphatic rings. The zero-order valence-corrected chi connectivity index (χ0v) is 14.2. The van der Waals surface area contributed by atoms with E-state index in [4.69, 9.17) is 10.8 Å². The lowest BCUT2D eigenvalue weighted by atomic mass is 10.0. The molecule has 1 fully saturated rings. The van der Waals surface area contributed by atoms with Crippen molar-refractivity contribution in [2.45, 2.75) is 51.7 Å². The van der Waals surface area contributed by atoms with Crippen LogP contribution in [0.5, 0.6) is 0 Å². The number of carbonyl (C=O) groups is 4. The van der Waals surface area contributed by atoms with E-state index >= 15 is 0 Å². The minimum Gasteiger partial charge on any atom is -0.480 e. The Morgan fingerprint density at radius 3 is 2.42 bits per heavy atom. The van der Waals surface area contributed by atoms with Crippen molar-refractivity contribution in [3.63, 3.8) is 0 Å². The molecule has 3 unspecified atom stereocenters. The molecular weight excluding hydrogens is 316 g/mol. The van der Waals surface area contributed by atoms with Crippen molar-refractivity contribution in [3.8, 4) is 0 Å². The van der Waals surface area contributed by atoms with E-state index in [2.05, 4.69) is 10.6 Å². The van der Waals surface area contributed by atoms with Crippen molar-refractivity contribution in [3.05, 3.63) is 0 Å². The van der Waals surface area contributed by atoms with E-state index in [-0.39, 0.29) is 11.8 Å². The molecule has 3 atom stereocenters. The third-order valence-corrected chi connectivity index (χ3v) is 4.00. The van der Waals surface area contributed by atoms with E-state index in [9.17, 15) is 19.2 Å². The number of amides is 3. The number of carboxylic acid groups (broad SMARTS) is 1. The molecule has 1 rings (SSSR count). The molecule has 1 heterocycles. The van der Waals surface area contributed by atoms with Crippen molar-refractivity contribution >= 4 is 23.7 Å². The Kier molecular flexibility index (Phi) is 7.15. The minimum absolute atomic E-state index is 0.0615. The van der Waals surface area contributed by atoms with E-state index < -0.39 is 42.5 Å². The fourth-order valence-corrected chi connectivity index (χ4v) is 2.51. The highest BCUT2D eigenvalue weighted by Gasteiger charge is 2.36. The van der Waals surface area contributed by atoms with Crippen molar-refractivity contribution in [1.82, 2.24) is 15.5 Å². The van der Waals surface area contributed by atoms with Gasteiger partial charge in [0, 0.05) is 6.54 Å². The molecule has 24 heavy (non-hydrogen) atoms. The predicted octanol–water partition coefficient (Wildman–Crippen LogP) is -1.33. The van der Waals surface area contributed by atoms with Crippen LogP contribution < -0.4 is 16.4 Å². The maximum Gasteiger partial charge on any atom is 0.322 e. The van der Waals surface area contributed by atoms with Gasteiger partial charge < -0.3 is 26.4 Å². The summed E-state index contributed by atoms with van der Waals surface area (Å²) in [7, 11) is 0. The van der Waals surface area contributed by atoms with Gasteiger partial charge in [-0.05, 0) is 25.7 Å². The summed E-state index contributed by atoms with van der Waals surface area (Å²) in [6.07, 6.45) is 1.10. The van der Waals surface area contributed by atoms with Gasteiger partial charge in [0.1, 0.15) is 18.6 Å². The molecule has 1 aliphatic heterocycles. The Morgan fingerprint density at radius 1 is 1.25 bits per heavy atom. The van der Waals surface area contributed by atoms with Crippen LogP contribution in [0.25, 0.3) is 0 Å². The van der Waals surface area contributed by atoms with Crippen LogP contribution in [0.4, 0.5) is 0 Å². The summed E-state index contributed by atoms with van der Waals surface area (Å²) in [5, 5.41) is 13.5. The van der Waals surface area contributed by atoms with Crippen LogP contribution >= 0.6 is 0 Å². The SMILES string of the molecule is CC(NC(=O)C(N)C(C)C)C(=O)N1CCCC1C(=O)NCC(=O)O. The summed E-state index contributed by atoms with van der Waals surface area (Å²) in [5.41, 5.74) is 5.75. The number of carbonyl (C=O) groups excluding carboxylic acids is 3. The molecule has 136 valence electrons. The molecule has 9 heteroatoms. The zero-order valence-electron chi connectivity index (χ0n) is 14.2. The molecule has 5 N–H and O–H groups in total. The number of nitrogens with one attached hydrogen (secondary N) is 2. The first kappa shape index (κ1) is 19.9. The van der Waals surface area contributed by atoms with Gasteiger partial charge in [-0.2, -0.15) is 0 Å². The molecular formula is C15H26N4O5. The van der Waals surface area contributed by atoms with Crippen molar-refractivity contribution < 1.29 is 24.3 Å². The molecule has 3 amide bonds. The third kappa shape index (κ3) is 5.19. The molecule has 0 aromatic heterocycles. The van der Waals surface area contributed by atoms with Crippen LogP contribution in [0, 0.1) is 5.92 Å². The number of carboxylic acids is 1. The Hall–Kier alpha value is -2.16. The average Bonchev–Trinajstić information content (AvgIpc) is 3.00. The second kappa shape index (κ2) is 8.62. The quantitative estimate of drug-likeness (QED) is 0.451. The van der Waals surface area contributed by atoms with Gasteiger partial charge >= 0.3 is 5.97 Å². The number of aliphatic carboxylic acids is 1. The first-order valence-electron chi connectivity index (χ1n) is 8.01. The second-order valence-corrected chi connectivity index (χ2v) is 6.30. The number of hydrogen-bond acceptors (Lipinski definition) is 5. The number of hydrogen-bond donors (Lipinski definition) is 4. The Labute approximate surface area is 140 Å². The lowest BCUT2D eigenvalue weighted by molar-refractivity contribution is -0.142. The average molecular weight is 342 g/mol. The summed E-state index contributed by atoms with van der Waals surface area (Å²) in [6.45, 7) is 5.05. The minimum atomic E-state index is -1.15. The van der Waals surface area contributed by atoms with Crippen LogP contribution in [0.2, 0.25) is 0 Å². The molecule has 1 saturated heterocycles. The van der Waals surface area contributed by atoms with Gasteiger partial charge in [0.2, 0.25) is 17.7 Å². The summed E-state index contributed by atoms with van der Waals surface area (Å²) in [6, 6.07) is -2.24.